The van der Waals surface area contributed by atoms with Crippen LogP contribution in [0.5, 0.6) is 0 Å². The average Bonchev–Trinajstić information content (AvgIpc) is 2.62. The Bertz CT molecular complexity index is 820. The van der Waals surface area contributed by atoms with Crippen LogP contribution < -0.4 is 4.90 Å². The van der Waals surface area contributed by atoms with E-state index < -0.39 is 25.4 Å². The average molecular weight is 408 g/mol. The third kappa shape index (κ3) is 4.17. The van der Waals surface area contributed by atoms with Crippen molar-refractivity contribution in [2.45, 2.75) is 29.5 Å². The van der Waals surface area contributed by atoms with Crippen molar-refractivity contribution in [3.63, 3.8) is 0 Å². The second-order valence-electron chi connectivity index (χ2n) is 6.71. The topological polar surface area (TPSA) is 74.8 Å². The molecule has 0 bridgehead atoms. The van der Waals surface area contributed by atoms with Crippen LogP contribution in [-0.4, -0.2) is 71.2 Å². The molecule has 2 aliphatic heterocycles. The fourth-order valence-electron chi connectivity index (χ4n) is 3.53. The van der Waals surface area contributed by atoms with Crippen molar-refractivity contribution in [1.29, 1.82) is 0 Å². The molecule has 2 heterocycles. The van der Waals surface area contributed by atoms with Gasteiger partial charge in [0.25, 0.3) is 0 Å². The van der Waals surface area contributed by atoms with E-state index in [0.717, 1.165) is 31.6 Å². The van der Waals surface area contributed by atoms with Crippen molar-refractivity contribution in [3.8, 4) is 0 Å². The largest absolute Gasteiger partial charge is 0.371 e. The van der Waals surface area contributed by atoms with Crippen molar-refractivity contribution in [2.75, 3.05) is 42.6 Å². The Morgan fingerprint density at radius 1 is 0.962 bits per heavy atom. The minimum atomic E-state index is -4.56. The van der Waals surface area contributed by atoms with Crippen molar-refractivity contribution in [2.24, 2.45) is 0 Å². The summed E-state index contributed by atoms with van der Waals surface area (Å²) in [7, 11) is -7.45. The van der Waals surface area contributed by atoms with Crippen LogP contribution in [0, 0.1) is 0 Å². The summed E-state index contributed by atoms with van der Waals surface area (Å²) in [5.41, 5.74) is 0.804. The second-order valence-corrected chi connectivity index (χ2v) is 10.9. The molecule has 0 amide bonds. The fraction of sp³-hybridized carbons (Fsp3) is 0.625. The smallest absolute Gasteiger partial charge is 0.341 e. The third-order valence-electron chi connectivity index (χ3n) is 5.12. The quantitative estimate of drug-likeness (QED) is 0.749. The van der Waals surface area contributed by atoms with Gasteiger partial charge in [-0.25, -0.2) is 16.8 Å². The Balaban J connectivity index is 1.58. The Kier molecular flexibility index (Phi) is 5.55. The summed E-state index contributed by atoms with van der Waals surface area (Å²) in [6, 6.07) is 5.91. The minimum absolute atomic E-state index is 0.216. The molecule has 2 saturated heterocycles. The first-order chi connectivity index (χ1) is 12.2. The van der Waals surface area contributed by atoms with Gasteiger partial charge in [-0.15, -0.1) is 0 Å². The number of benzene rings is 1. The highest BCUT2D eigenvalue weighted by atomic mass is 32.2. The summed E-state index contributed by atoms with van der Waals surface area (Å²) in [6.45, 7) is 2.67. The summed E-state index contributed by atoms with van der Waals surface area (Å²) in [4.78, 5) is 3.95. The van der Waals surface area contributed by atoms with Crippen molar-refractivity contribution in [3.05, 3.63) is 24.3 Å². The highest BCUT2D eigenvalue weighted by Crippen LogP contribution is 2.26. The van der Waals surface area contributed by atoms with E-state index in [0.29, 0.717) is 19.1 Å². The van der Waals surface area contributed by atoms with Gasteiger partial charge in [-0.3, -0.25) is 4.90 Å². The number of piperidine rings is 1. The fourth-order valence-corrected chi connectivity index (χ4v) is 5.48. The molecule has 0 atom stereocenters. The van der Waals surface area contributed by atoms with Crippen LogP contribution in [0.4, 0.5) is 14.5 Å². The molecule has 2 aliphatic rings. The van der Waals surface area contributed by atoms with Gasteiger partial charge in [0.05, 0.1) is 16.4 Å². The molecule has 146 valence electrons. The number of hydrogen-bond acceptors (Lipinski definition) is 6. The van der Waals surface area contributed by atoms with Crippen LogP contribution in [0.2, 0.25) is 0 Å². The molecular formula is C16H22F2N2O4S2. The lowest BCUT2D eigenvalue weighted by Gasteiger charge is -2.40. The van der Waals surface area contributed by atoms with E-state index in [4.69, 9.17) is 0 Å². The van der Waals surface area contributed by atoms with Gasteiger partial charge in [0, 0.05) is 37.9 Å². The molecule has 1 aromatic rings. The van der Waals surface area contributed by atoms with Gasteiger partial charge in [0.15, 0.2) is 9.84 Å². The van der Waals surface area contributed by atoms with Gasteiger partial charge in [0.2, 0.25) is 9.84 Å². The molecule has 0 spiro atoms. The molecule has 0 radical (unpaired) electrons. The van der Waals surface area contributed by atoms with E-state index in [1.165, 1.54) is 12.1 Å². The summed E-state index contributed by atoms with van der Waals surface area (Å²) >= 11 is 0. The lowest BCUT2D eigenvalue weighted by atomic mass is 10.0. The number of sulfone groups is 2. The molecule has 10 heteroatoms. The highest BCUT2D eigenvalue weighted by Gasteiger charge is 2.30. The molecule has 6 nitrogen and oxygen atoms in total. The Hall–Kier alpha value is -1.26. The summed E-state index contributed by atoms with van der Waals surface area (Å²) < 4.78 is 71.2. The predicted molar refractivity (Wildman–Crippen MR) is 95.1 cm³/mol. The van der Waals surface area contributed by atoms with E-state index in [1.54, 1.807) is 12.1 Å². The first-order valence-corrected chi connectivity index (χ1v) is 11.9. The van der Waals surface area contributed by atoms with E-state index >= 15 is 0 Å². The maximum Gasteiger partial charge on any atom is 0.341 e. The molecule has 26 heavy (non-hydrogen) atoms. The molecule has 0 unspecified atom stereocenters. The molecule has 1 aromatic carbocycles. The number of alkyl halides is 2. The monoisotopic (exact) mass is 408 g/mol. The minimum Gasteiger partial charge on any atom is -0.371 e. The van der Waals surface area contributed by atoms with E-state index in [9.17, 15) is 25.6 Å². The Morgan fingerprint density at radius 2 is 1.50 bits per heavy atom. The first-order valence-electron chi connectivity index (χ1n) is 8.50. The Morgan fingerprint density at radius 3 is 2.00 bits per heavy atom. The zero-order valence-electron chi connectivity index (χ0n) is 14.2. The van der Waals surface area contributed by atoms with Crippen LogP contribution in [0.25, 0.3) is 0 Å². The number of rotatable bonds is 4. The zero-order valence-corrected chi connectivity index (χ0v) is 15.9. The molecule has 0 N–H and O–H groups in total. The van der Waals surface area contributed by atoms with E-state index in [1.807, 2.05) is 0 Å². The second kappa shape index (κ2) is 7.40. The van der Waals surface area contributed by atoms with Gasteiger partial charge in [0.1, 0.15) is 0 Å². The third-order valence-corrected chi connectivity index (χ3v) is 8.13. The van der Waals surface area contributed by atoms with Gasteiger partial charge in [-0.1, -0.05) is 0 Å². The molecule has 0 aromatic heterocycles. The number of halogens is 2. The standard InChI is InChI=1S/C16H22F2N2O4S2/c17-16(18)26(23,24)15-3-1-13(2-4-15)19-7-5-14(6-8-19)20-9-11-25(21,22)12-10-20/h1-4,14,16H,5-12H2. The highest BCUT2D eigenvalue weighted by molar-refractivity contribution is 7.91. The van der Waals surface area contributed by atoms with Crippen LogP contribution in [-0.2, 0) is 19.7 Å². The normalized spacial score (nSPS) is 22.7. The molecule has 0 aliphatic carbocycles. The number of nitrogens with zero attached hydrogens (tertiary/aromatic N) is 2. The van der Waals surface area contributed by atoms with Gasteiger partial charge >= 0.3 is 5.76 Å². The summed E-state index contributed by atoms with van der Waals surface area (Å²) in [5, 5.41) is 0. The molecular weight excluding hydrogens is 386 g/mol. The summed E-state index contributed by atoms with van der Waals surface area (Å²) in [5.74, 6) is -2.99. The first kappa shape index (κ1) is 19.5. The summed E-state index contributed by atoms with van der Waals surface area (Å²) in [6.07, 6.45) is 1.77. The van der Waals surface area contributed by atoms with Gasteiger partial charge in [-0.2, -0.15) is 8.78 Å². The maximum atomic E-state index is 12.6. The molecule has 3 rings (SSSR count). The Labute approximate surface area is 152 Å². The van der Waals surface area contributed by atoms with Crippen LogP contribution in [0.3, 0.4) is 0 Å². The van der Waals surface area contributed by atoms with Crippen LogP contribution in [0.1, 0.15) is 12.8 Å². The van der Waals surface area contributed by atoms with Gasteiger partial charge in [-0.05, 0) is 37.1 Å². The molecule has 2 fully saturated rings. The number of anilines is 1. The van der Waals surface area contributed by atoms with Gasteiger partial charge < -0.3 is 4.90 Å². The number of hydrogen-bond donors (Lipinski definition) is 0. The SMILES string of the molecule is O=S1(=O)CCN(C2CCN(c3ccc(S(=O)(=O)C(F)F)cc3)CC2)CC1. The predicted octanol–water partition coefficient (Wildman–Crippen LogP) is 1.38. The van der Waals surface area contributed by atoms with Crippen molar-refractivity contribution in [1.82, 2.24) is 4.90 Å². The lowest BCUT2D eigenvalue weighted by molar-refractivity contribution is 0.182. The van der Waals surface area contributed by atoms with E-state index in [-0.39, 0.29) is 16.4 Å². The van der Waals surface area contributed by atoms with Crippen molar-refractivity contribution < 1.29 is 25.6 Å². The van der Waals surface area contributed by atoms with Crippen LogP contribution >= 0.6 is 0 Å². The van der Waals surface area contributed by atoms with E-state index in [2.05, 4.69) is 9.80 Å². The molecule has 0 saturated carbocycles. The zero-order chi connectivity index (χ0) is 18.9. The van der Waals surface area contributed by atoms with Crippen molar-refractivity contribution >= 4 is 25.4 Å². The lowest BCUT2D eigenvalue weighted by Crippen LogP contribution is -2.50. The maximum absolute atomic E-state index is 12.6. The van der Waals surface area contributed by atoms with Crippen LogP contribution in [0.15, 0.2) is 29.2 Å².